The van der Waals surface area contributed by atoms with Crippen molar-refractivity contribution in [3.63, 3.8) is 0 Å². The molecule has 1 amide bonds. The lowest BCUT2D eigenvalue weighted by atomic mass is 9.89. The molecule has 6 heteroatoms. The topological polar surface area (TPSA) is 80.5 Å². The fourth-order valence-corrected chi connectivity index (χ4v) is 3.79. The van der Waals surface area contributed by atoms with Crippen LogP contribution in [0.3, 0.4) is 0 Å². The lowest BCUT2D eigenvalue weighted by Crippen LogP contribution is -2.30. The van der Waals surface area contributed by atoms with Gasteiger partial charge in [-0.2, -0.15) is 0 Å². The summed E-state index contributed by atoms with van der Waals surface area (Å²) in [6, 6.07) is 11.9. The first-order chi connectivity index (χ1) is 13.9. The Morgan fingerprint density at radius 1 is 1.07 bits per heavy atom. The van der Waals surface area contributed by atoms with Crippen molar-refractivity contribution in [2.75, 3.05) is 7.05 Å². The zero-order chi connectivity index (χ0) is 21.0. The largest absolute Gasteiger partial charge is 0.339 e. The van der Waals surface area contributed by atoms with Crippen LogP contribution in [-0.2, 0) is 17.6 Å². The van der Waals surface area contributed by atoms with Gasteiger partial charge in [0, 0.05) is 37.6 Å². The number of fused-ring (bicyclic) bond motifs is 1. The molecule has 29 heavy (non-hydrogen) atoms. The highest BCUT2D eigenvalue weighted by molar-refractivity contribution is 5.98. The number of hydrogen-bond donors (Lipinski definition) is 0. The summed E-state index contributed by atoms with van der Waals surface area (Å²) in [5.74, 6) is -0.182. The molecule has 3 rings (SSSR count). The van der Waals surface area contributed by atoms with Crippen LogP contribution in [0.5, 0.6) is 0 Å². The van der Waals surface area contributed by atoms with Gasteiger partial charge in [-0.05, 0) is 55.4 Å². The van der Waals surface area contributed by atoms with E-state index in [0.717, 1.165) is 19.3 Å². The van der Waals surface area contributed by atoms with Crippen molar-refractivity contribution >= 4 is 17.4 Å². The van der Waals surface area contributed by atoms with E-state index in [0.29, 0.717) is 11.1 Å². The molecular weight excluding hydrogens is 368 g/mol. The number of ketones is 1. The minimum absolute atomic E-state index is 0.00205. The van der Waals surface area contributed by atoms with Gasteiger partial charge in [0.1, 0.15) is 0 Å². The molecule has 0 saturated carbocycles. The molecule has 0 spiro atoms. The van der Waals surface area contributed by atoms with E-state index in [2.05, 4.69) is 0 Å². The number of amides is 1. The maximum Gasteiger partial charge on any atom is 0.269 e. The minimum atomic E-state index is -0.449. The van der Waals surface area contributed by atoms with E-state index >= 15 is 0 Å². The van der Waals surface area contributed by atoms with Gasteiger partial charge in [0.05, 0.1) is 11.0 Å². The molecule has 0 aromatic heterocycles. The van der Waals surface area contributed by atoms with Crippen LogP contribution in [0.15, 0.2) is 42.5 Å². The number of benzene rings is 2. The Kier molecular flexibility index (Phi) is 6.42. The van der Waals surface area contributed by atoms with E-state index in [1.807, 2.05) is 25.1 Å². The molecule has 6 nitrogen and oxygen atoms in total. The average Bonchev–Trinajstić information content (AvgIpc) is 2.75. The van der Waals surface area contributed by atoms with Crippen molar-refractivity contribution in [3.8, 4) is 0 Å². The quantitative estimate of drug-likeness (QED) is 0.389. The van der Waals surface area contributed by atoms with Gasteiger partial charge in [0.25, 0.3) is 5.69 Å². The second-order valence-corrected chi connectivity index (χ2v) is 7.65. The van der Waals surface area contributed by atoms with Gasteiger partial charge in [-0.25, -0.2) is 0 Å². The number of nitro benzene ring substituents is 1. The van der Waals surface area contributed by atoms with Crippen LogP contribution in [0.1, 0.15) is 65.7 Å². The summed E-state index contributed by atoms with van der Waals surface area (Å²) in [7, 11) is 1.66. The molecule has 1 aliphatic rings. The molecule has 0 N–H and O–H groups in total. The van der Waals surface area contributed by atoms with E-state index in [1.165, 1.54) is 29.7 Å². The number of Topliss-reactive ketones (excluding diaryl/α,β-unsaturated/α-hetero) is 1. The number of non-ortho nitro benzene ring substituents is 1. The molecule has 0 fully saturated rings. The summed E-state index contributed by atoms with van der Waals surface area (Å²) >= 11 is 0. The number of carbonyl (C=O) groups excluding carboxylic acids is 2. The molecule has 0 unspecified atom stereocenters. The molecule has 0 bridgehead atoms. The standard InChI is InChI=1S/C23H26N2O4/c1-16(18-8-5-9-21(15-18)25(28)29)24(2)23(27)13-12-22(26)20-11-10-17-6-3-4-7-19(17)14-20/h5,8-11,14-16H,3-4,6-7,12-13H2,1-2H3/t16-/m0/s1. The Bertz CT molecular complexity index is 938. The molecule has 2 aromatic rings. The van der Waals surface area contributed by atoms with Crippen molar-refractivity contribution in [3.05, 3.63) is 74.8 Å². The van der Waals surface area contributed by atoms with Crippen LogP contribution in [0.2, 0.25) is 0 Å². The van der Waals surface area contributed by atoms with Crippen LogP contribution in [0.4, 0.5) is 5.69 Å². The van der Waals surface area contributed by atoms with Gasteiger partial charge in [-0.3, -0.25) is 19.7 Å². The van der Waals surface area contributed by atoms with Crippen LogP contribution >= 0.6 is 0 Å². The third kappa shape index (κ3) is 4.88. The van der Waals surface area contributed by atoms with E-state index in [4.69, 9.17) is 0 Å². The molecule has 0 saturated heterocycles. The summed E-state index contributed by atoms with van der Waals surface area (Å²) in [5, 5.41) is 11.0. The van der Waals surface area contributed by atoms with E-state index in [-0.39, 0.29) is 36.3 Å². The predicted octanol–water partition coefficient (Wildman–Crippen LogP) is 4.66. The fourth-order valence-electron chi connectivity index (χ4n) is 3.79. The second-order valence-electron chi connectivity index (χ2n) is 7.65. The second kappa shape index (κ2) is 8.99. The maximum atomic E-state index is 12.6. The Labute approximate surface area is 170 Å². The first kappa shape index (κ1) is 20.7. The smallest absolute Gasteiger partial charge is 0.269 e. The van der Waals surface area contributed by atoms with Crippen molar-refractivity contribution < 1.29 is 14.5 Å². The molecule has 0 aliphatic heterocycles. The van der Waals surface area contributed by atoms with Crippen molar-refractivity contribution in [2.45, 2.75) is 51.5 Å². The molecule has 0 radical (unpaired) electrons. The Balaban J connectivity index is 1.60. The molecule has 1 atom stereocenters. The number of carbonyl (C=O) groups is 2. The Morgan fingerprint density at radius 3 is 2.52 bits per heavy atom. The average molecular weight is 394 g/mol. The highest BCUT2D eigenvalue weighted by atomic mass is 16.6. The van der Waals surface area contributed by atoms with Gasteiger partial charge >= 0.3 is 0 Å². The normalized spacial score (nSPS) is 14.0. The molecule has 0 heterocycles. The molecular formula is C23H26N2O4. The van der Waals surface area contributed by atoms with Crippen molar-refractivity contribution in [1.82, 2.24) is 4.90 Å². The summed E-state index contributed by atoms with van der Waals surface area (Å²) in [6.07, 6.45) is 4.71. The van der Waals surface area contributed by atoms with E-state index < -0.39 is 4.92 Å². The zero-order valence-corrected chi connectivity index (χ0v) is 16.9. The third-order valence-corrected chi connectivity index (χ3v) is 5.77. The van der Waals surface area contributed by atoms with E-state index in [1.54, 1.807) is 24.1 Å². The maximum absolute atomic E-state index is 12.6. The monoisotopic (exact) mass is 394 g/mol. The number of rotatable bonds is 7. The number of hydrogen-bond acceptors (Lipinski definition) is 4. The van der Waals surface area contributed by atoms with Crippen LogP contribution in [0, 0.1) is 10.1 Å². The summed E-state index contributed by atoms with van der Waals surface area (Å²) < 4.78 is 0. The van der Waals surface area contributed by atoms with Gasteiger partial charge in [-0.15, -0.1) is 0 Å². The number of nitrogens with zero attached hydrogens (tertiary/aromatic N) is 2. The van der Waals surface area contributed by atoms with Crippen molar-refractivity contribution in [2.24, 2.45) is 0 Å². The first-order valence-corrected chi connectivity index (χ1v) is 10.0. The highest BCUT2D eigenvalue weighted by Gasteiger charge is 2.21. The summed E-state index contributed by atoms with van der Waals surface area (Å²) in [6.45, 7) is 1.82. The Hall–Kier alpha value is -3.02. The van der Waals surface area contributed by atoms with Gasteiger partial charge in [0.2, 0.25) is 5.91 Å². The fraction of sp³-hybridized carbons (Fsp3) is 0.391. The zero-order valence-electron chi connectivity index (χ0n) is 16.9. The van der Waals surface area contributed by atoms with Crippen LogP contribution < -0.4 is 0 Å². The number of aryl methyl sites for hydroxylation is 2. The van der Waals surface area contributed by atoms with Crippen molar-refractivity contribution in [1.29, 1.82) is 0 Å². The summed E-state index contributed by atoms with van der Waals surface area (Å²) in [5.41, 5.74) is 3.95. The predicted molar refractivity (Wildman–Crippen MR) is 111 cm³/mol. The van der Waals surface area contributed by atoms with Crippen LogP contribution in [0.25, 0.3) is 0 Å². The molecule has 2 aromatic carbocycles. The molecule has 152 valence electrons. The lowest BCUT2D eigenvalue weighted by molar-refractivity contribution is -0.384. The molecule has 1 aliphatic carbocycles. The summed E-state index contributed by atoms with van der Waals surface area (Å²) in [4.78, 5) is 37.2. The first-order valence-electron chi connectivity index (χ1n) is 10.0. The minimum Gasteiger partial charge on any atom is -0.339 e. The highest BCUT2D eigenvalue weighted by Crippen LogP contribution is 2.25. The SMILES string of the molecule is C[C@@H](c1cccc([N+](=O)[O-])c1)N(C)C(=O)CCC(=O)c1ccc2c(c1)CCCC2. The third-order valence-electron chi connectivity index (χ3n) is 5.77. The van der Waals surface area contributed by atoms with Gasteiger partial charge < -0.3 is 4.90 Å². The number of nitro groups is 1. The Morgan fingerprint density at radius 2 is 1.79 bits per heavy atom. The van der Waals surface area contributed by atoms with Gasteiger partial charge in [0.15, 0.2) is 5.78 Å². The van der Waals surface area contributed by atoms with Gasteiger partial charge in [-0.1, -0.05) is 24.3 Å². The van der Waals surface area contributed by atoms with Crippen LogP contribution in [-0.4, -0.2) is 28.6 Å². The van der Waals surface area contributed by atoms with E-state index in [9.17, 15) is 19.7 Å². The lowest BCUT2D eigenvalue weighted by Gasteiger charge is -2.25.